The summed E-state index contributed by atoms with van der Waals surface area (Å²) in [5, 5.41) is -0.107. The van der Waals surface area contributed by atoms with Gasteiger partial charge in [-0.2, -0.15) is 0 Å². The zero-order chi connectivity index (χ0) is 13.6. The number of hydrogen-bond donors (Lipinski definition) is 0. The molecule has 0 spiro atoms. The first-order chi connectivity index (χ1) is 9.03. The normalized spacial score (nSPS) is 25.1. The minimum absolute atomic E-state index is 0.0423. The molecule has 1 saturated heterocycles. The summed E-state index contributed by atoms with van der Waals surface area (Å²) >= 11 is 6.35. The molecule has 2 heterocycles. The molecule has 0 N–H and O–H groups in total. The standard InChI is InChI=1S/C15H19ClN2O/c1-10-5-4-6-12-13(10)18(14(17-12)11(2)16)15(3)7-8-19-9-15/h4-6,11H,7-9H2,1-3H3. The van der Waals surface area contributed by atoms with Crippen LogP contribution in [0.1, 0.15) is 37.0 Å². The van der Waals surface area contributed by atoms with E-state index in [2.05, 4.69) is 30.5 Å². The van der Waals surface area contributed by atoms with Gasteiger partial charge in [-0.3, -0.25) is 0 Å². The van der Waals surface area contributed by atoms with Crippen LogP contribution in [-0.2, 0) is 10.3 Å². The maximum absolute atomic E-state index is 6.35. The predicted molar refractivity (Wildman–Crippen MR) is 77.8 cm³/mol. The molecule has 1 aromatic heterocycles. The molecule has 19 heavy (non-hydrogen) atoms. The average molecular weight is 279 g/mol. The first-order valence-electron chi connectivity index (χ1n) is 6.73. The molecule has 1 aliphatic heterocycles. The van der Waals surface area contributed by atoms with Crippen LogP contribution in [-0.4, -0.2) is 22.8 Å². The average Bonchev–Trinajstić information content (AvgIpc) is 2.94. The Hall–Kier alpha value is -1.06. The van der Waals surface area contributed by atoms with Crippen LogP contribution >= 0.6 is 11.6 Å². The van der Waals surface area contributed by atoms with Crippen LogP contribution in [0, 0.1) is 6.92 Å². The predicted octanol–water partition coefficient (Wildman–Crippen LogP) is 3.78. The van der Waals surface area contributed by atoms with Gasteiger partial charge in [0, 0.05) is 6.61 Å². The Morgan fingerprint density at radius 2 is 2.26 bits per heavy atom. The summed E-state index contributed by atoms with van der Waals surface area (Å²) in [5.74, 6) is 0.943. The first kappa shape index (κ1) is 12.9. The Balaban J connectivity index is 2.33. The molecule has 2 unspecified atom stereocenters. The van der Waals surface area contributed by atoms with E-state index in [0.717, 1.165) is 31.0 Å². The number of aryl methyl sites for hydroxylation is 1. The number of para-hydroxylation sites is 1. The Morgan fingerprint density at radius 3 is 2.89 bits per heavy atom. The molecule has 2 aromatic rings. The van der Waals surface area contributed by atoms with Crippen molar-refractivity contribution < 1.29 is 4.74 Å². The van der Waals surface area contributed by atoms with Crippen LogP contribution in [0.25, 0.3) is 11.0 Å². The van der Waals surface area contributed by atoms with Crippen molar-refractivity contribution in [3.63, 3.8) is 0 Å². The fraction of sp³-hybridized carbons (Fsp3) is 0.533. The third-order valence-corrected chi connectivity index (χ3v) is 4.19. The molecule has 1 aliphatic rings. The maximum Gasteiger partial charge on any atom is 0.128 e. The van der Waals surface area contributed by atoms with Gasteiger partial charge in [0.1, 0.15) is 5.82 Å². The Morgan fingerprint density at radius 1 is 1.47 bits per heavy atom. The van der Waals surface area contributed by atoms with E-state index in [0.29, 0.717) is 0 Å². The zero-order valence-corrected chi connectivity index (χ0v) is 12.4. The van der Waals surface area contributed by atoms with Crippen LogP contribution in [0.4, 0.5) is 0 Å². The highest BCUT2D eigenvalue weighted by atomic mass is 35.5. The van der Waals surface area contributed by atoms with Crippen molar-refractivity contribution in [1.82, 2.24) is 9.55 Å². The van der Waals surface area contributed by atoms with Crippen molar-refractivity contribution in [3.8, 4) is 0 Å². The molecule has 0 amide bonds. The zero-order valence-electron chi connectivity index (χ0n) is 11.6. The second-order valence-electron chi connectivity index (χ2n) is 5.66. The van der Waals surface area contributed by atoms with Gasteiger partial charge in [-0.15, -0.1) is 11.6 Å². The summed E-state index contributed by atoms with van der Waals surface area (Å²) in [5.41, 5.74) is 3.41. The van der Waals surface area contributed by atoms with Gasteiger partial charge in [-0.05, 0) is 38.8 Å². The molecule has 0 radical (unpaired) electrons. The molecule has 0 saturated carbocycles. The number of ether oxygens (including phenoxy) is 1. The van der Waals surface area contributed by atoms with E-state index in [-0.39, 0.29) is 10.9 Å². The van der Waals surface area contributed by atoms with Crippen LogP contribution in [0.3, 0.4) is 0 Å². The molecule has 3 nitrogen and oxygen atoms in total. The van der Waals surface area contributed by atoms with Gasteiger partial charge in [0.25, 0.3) is 0 Å². The molecular formula is C15H19ClN2O. The lowest BCUT2D eigenvalue weighted by molar-refractivity contribution is 0.162. The number of imidazole rings is 1. The van der Waals surface area contributed by atoms with E-state index in [1.807, 2.05) is 13.0 Å². The summed E-state index contributed by atoms with van der Waals surface area (Å²) < 4.78 is 7.92. The fourth-order valence-electron chi connectivity index (χ4n) is 2.96. The van der Waals surface area contributed by atoms with E-state index in [9.17, 15) is 0 Å². The van der Waals surface area contributed by atoms with Crippen molar-refractivity contribution in [2.24, 2.45) is 0 Å². The largest absolute Gasteiger partial charge is 0.379 e. The van der Waals surface area contributed by atoms with E-state index in [1.54, 1.807) is 0 Å². The molecule has 4 heteroatoms. The van der Waals surface area contributed by atoms with E-state index >= 15 is 0 Å². The summed E-state index contributed by atoms with van der Waals surface area (Å²) in [7, 11) is 0. The van der Waals surface area contributed by atoms with Crippen molar-refractivity contribution >= 4 is 22.6 Å². The summed E-state index contributed by atoms with van der Waals surface area (Å²) in [6.45, 7) is 7.87. The molecule has 0 aliphatic carbocycles. The molecule has 102 valence electrons. The van der Waals surface area contributed by atoms with E-state index < -0.39 is 0 Å². The topological polar surface area (TPSA) is 27.1 Å². The number of alkyl halides is 1. The van der Waals surface area contributed by atoms with E-state index in [4.69, 9.17) is 21.3 Å². The third-order valence-electron chi connectivity index (χ3n) is 4.00. The highest BCUT2D eigenvalue weighted by molar-refractivity contribution is 6.20. The maximum atomic E-state index is 6.35. The molecule has 2 atom stereocenters. The van der Waals surface area contributed by atoms with Gasteiger partial charge in [-0.1, -0.05) is 12.1 Å². The lowest BCUT2D eigenvalue weighted by Gasteiger charge is -2.28. The first-order valence-corrected chi connectivity index (χ1v) is 7.17. The number of fused-ring (bicyclic) bond motifs is 1. The number of rotatable bonds is 2. The monoisotopic (exact) mass is 278 g/mol. The number of hydrogen-bond acceptors (Lipinski definition) is 2. The van der Waals surface area contributed by atoms with Crippen LogP contribution in [0.5, 0.6) is 0 Å². The van der Waals surface area contributed by atoms with Crippen molar-refractivity contribution in [2.75, 3.05) is 13.2 Å². The van der Waals surface area contributed by atoms with E-state index in [1.165, 1.54) is 11.1 Å². The van der Waals surface area contributed by atoms with Crippen molar-refractivity contribution in [3.05, 3.63) is 29.6 Å². The third kappa shape index (κ3) is 1.96. The highest BCUT2D eigenvalue weighted by Crippen LogP contribution is 2.36. The van der Waals surface area contributed by atoms with Gasteiger partial charge in [0.05, 0.1) is 28.6 Å². The molecular weight excluding hydrogens is 260 g/mol. The molecule has 3 rings (SSSR count). The Bertz CT molecular complexity index is 612. The highest BCUT2D eigenvalue weighted by Gasteiger charge is 2.36. The second-order valence-corrected chi connectivity index (χ2v) is 6.32. The minimum atomic E-state index is -0.107. The van der Waals surface area contributed by atoms with Crippen molar-refractivity contribution in [1.29, 1.82) is 0 Å². The number of benzene rings is 1. The second kappa shape index (κ2) is 4.50. The lowest BCUT2D eigenvalue weighted by Crippen LogP contribution is -2.32. The van der Waals surface area contributed by atoms with Crippen molar-refractivity contribution in [2.45, 2.75) is 38.1 Å². The van der Waals surface area contributed by atoms with Gasteiger partial charge in [-0.25, -0.2) is 4.98 Å². The Labute approximate surface area is 118 Å². The molecule has 0 bridgehead atoms. The minimum Gasteiger partial charge on any atom is -0.379 e. The summed E-state index contributed by atoms with van der Waals surface area (Å²) in [6, 6.07) is 6.23. The smallest absolute Gasteiger partial charge is 0.128 e. The van der Waals surface area contributed by atoms with Crippen LogP contribution in [0.2, 0.25) is 0 Å². The SMILES string of the molecule is Cc1cccc2nc(C(C)Cl)n(C3(C)CCOC3)c12. The summed E-state index contributed by atoms with van der Waals surface area (Å²) in [4.78, 5) is 4.74. The Kier molecular flexibility index (Phi) is 3.06. The van der Waals surface area contributed by atoms with Crippen LogP contribution in [0.15, 0.2) is 18.2 Å². The van der Waals surface area contributed by atoms with Crippen LogP contribution < -0.4 is 0 Å². The van der Waals surface area contributed by atoms with Gasteiger partial charge < -0.3 is 9.30 Å². The number of halogens is 1. The van der Waals surface area contributed by atoms with Gasteiger partial charge in [0.15, 0.2) is 0 Å². The lowest BCUT2D eigenvalue weighted by atomic mass is 10.00. The molecule has 1 fully saturated rings. The number of nitrogens with zero attached hydrogens (tertiary/aromatic N) is 2. The fourth-order valence-corrected chi connectivity index (χ4v) is 3.10. The number of aromatic nitrogens is 2. The molecule has 1 aromatic carbocycles. The van der Waals surface area contributed by atoms with Gasteiger partial charge in [0.2, 0.25) is 0 Å². The summed E-state index contributed by atoms with van der Waals surface area (Å²) in [6.07, 6.45) is 1.00. The quantitative estimate of drug-likeness (QED) is 0.782. The van der Waals surface area contributed by atoms with Gasteiger partial charge >= 0.3 is 0 Å².